The summed E-state index contributed by atoms with van der Waals surface area (Å²) in [4.78, 5) is 41.4. The number of carbonyl (C=O) groups excluding carboxylic acids is 1. The van der Waals surface area contributed by atoms with E-state index < -0.39 is 12.1 Å². The van der Waals surface area contributed by atoms with E-state index in [0.717, 1.165) is 5.56 Å². The predicted molar refractivity (Wildman–Crippen MR) is 133 cm³/mol. The summed E-state index contributed by atoms with van der Waals surface area (Å²) in [5.41, 5.74) is 4.31. The van der Waals surface area contributed by atoms with E-state index in [2.05, 4.69) is 20.7 Å². The van der Waals surface area contributed by atoms with Crippen LogP contribution >= 0.6 is 23.8 Å². The van der Waals surface area contributed by atoms with Gasteiger partial charge in [0, 0.05) is 23.3 Å². The highest BCUT2D eigenvalue weighted by atomic mass is 35.5. The van der Waals surface area contributed by atoms with Crippen LogP contribution in [0.1, 0.15) is 15.9 Å². The quantitative estimate of drug-likeness (QED) is 0.268. The minimum atomic E-state index is -5.08. The van der Waals surface area contributed by atoms with Gasteiger partial charge in [0.25, 0.3) is 11.5 Å². The van der Waals surface area contributed by atoms with Crippen LogP contribution in [0.3, 0.4) is 0 Å². The Labute approximate surface area is 216 Å². The summed E-state index contributed by atoms with van der Waals surface area (Å²) in [5, 5.41) is 11.0. The molecule has 0 aliphatic carbocycles. The number of aliphatic carboxylic acids is 1. The topological polar surface area (TPSA) is 129 Å². The highest BCUT2D eigenvalue weighted by Gasteiger charge is 2.38. The number of hydrogen-bond acceptors (Lipinski definition) is 6. The van der Waals surface area contributed by atoms with Gasteiger partial charge in [-0.15, -0.1) is 0 Å². The number of pyridine rings is 1. The molecule has 0 spiro atoms. The minimum Gasteiger partial charge on any atom is -0.475 e. The van der Waals surface area contributed by atoms with Gasteiger partial charge in [0.2, 0.25) is 0 Å². The lowest BCUT2D eigenvalue weighted by Crippen LogP contribution is -2.28. The number of halogens is 4. The zero-order valence-electron chi connectivity index (χ0n) is 18.5. The number of aromatic nitrogens is 3. The largest absolute Gasteiger partial charge is 0.490 e. The SMILES string of the molecule is O=C(NCc1cccc(Cl)c1)c1ccc2c(=O)n(Nc3ccccn3)c(=S)[nH]c2c1.O=C(O)C(F)(F)F. The summed E-state index contributed by atoms with van der Waals surface area (Å²) in [6.45, 7) is 0.336. The van der Waals surface area contributed by atoms with Gasteiger partial charge in [-0.3, -0.25) is 15.0 Å². The van der Waals surface area contributed by atoms with Crippen molar-refractivity contribution in [2.24, 2.45) is 0 Å². The molecule has 0 radical (unpaired) electrons. The molecule has 1 amide bonds. The highest BCUT2D eigenvalue weighted by Crippen LogP contribution is 2.14. The van der Waals surface area contributed by atoms with Gasteiger partial charge >= 0.3 is 12.1 Å². The van der Waals surface area contributed by atoms with E-state index in [1.165, 1.54) is 4.68 Å². The van der Waals surface area contributed by atoms with Crippen LogP contribution in [0.25, 0.3) is 10.9 Å². The molecule has 9 nitrogen and oxygen atoms in total. The number of carbonyl (C=O) groups is 2. The fourth-order valence-electron chi connectivity index (χ4n) is 2.94. The third-order valence-corrected chi connectivity index (χ3v) is 5.16. The van der Waals surface area contributed by atoms with E-state index in [0.29, 0.717) is 33.9 Å². The summed E-state index contributed by atoms with van der Waals surface area (Å²) in [7, 11) is 0. The third-order valence-electron chi connectivity index (χ3n) is 4.64. The minimum absolute atomic E-state index is 0.162. The molecule has 4 N–H and O–H groups in total. The van der Waals surface area contributed by atoms with Gasteiger partial charge < -0.3 is 15.4 Å². The number of anilines is 1. The zero-order chi connectivity index (χ0) is 27.2. The van der Waals surface area contributed by atoms with E-state index >= 15 is 0 Å². The number of hydrogen-bond donors (Lipinski definition) is 4. The molecule has 0 fully saturated rings. The van der Waals surface area contributed by atoms with Crippen molar-refractivity contribution in [3.05, 3.63) is 98.1 Å². The lowest BCUT2D eigenvalue weighted by atomic mass is 10.1. The molecule has 2 aromatic heterocycles. The molecule has 4 aromatic rings. The van der Waals surface area contributed by atoms with Crippen molar-refractivity contribution in [3.63, 3.8) is 0 Å². The van der Waals surface area contributed by atoms with E-state index in [1.54, 1.807) is 54.7 Å². The van der Waals surface area contributed by atoms with Crippen LogP contribution in [-0.2, 0) is 11.3 Å². The fraction of sp³-hybridized carbons (Fsp3) is 0.0870. The second-order valence-corrected chi connectivity index (χ2v) is 8.10. The fourth-order valence-corrected chi connectivity index (χ4v) is 3.39. The Morgan fingerprint density at radius 2 is 1.84 bits per heavy atom. The molecule has 0 bridgehead atoms. The Kier molecular flexibility index (Phi) is 8.63. The first-order valence-electron chi connectivity index (χ1n) is 10.3. The van der Waals surface area contributed by atoms with E-state index in [1.807, 2.05) is 12.1 Å². The van der Waals surface area contributed by atoms with Gasteiger partial charge in [0.1, 0.15) is 5.82 Å². The van der Waals surface area contributed by atoms with Crippen molar-refractivity contribution in [3.8, 4) is 0 Å². The zero-order valence-corrected chi connectivity index (χ0v) is 20.1. The highest BCUT2D eigenvalue weighted by molar-refractivity contribution is 7.71. The molecule has 4 rings (SSSR count). The Balaban J connectivity index is 0.000000479. The number of carboxylic acid groups (broad SMARTS) is 1. The number of amides is 1. The van der Waals surface area contributed by atoms with E-state index in [-0.39, 0.29) is 16.2 Å². The Morgan fingerprint density at radius 3 is 2.46 bits per heavy atom. The van der Waals surface area contributed by atoms with Crippen LogP contribution in [0.4, 0.5) is 19.0 Å². The van der Waals surface area contributed by atoms with Crippen LogP contribution in [0.5, 0.6) is 0 Å². The maximum Gasteiger partial charge on any atom is 0.490 e. The molecule has 0 unspecified atom stereocenters. The molecule has 0 atom stereocenters. The van der Waals surface area contributed by atoms with Crippen LogP contribution in [0.15, 0.2) is 71.7 Å². The van der Waals surface area contributed by atoms with Crippen molar-refractivity contribution in [1.29, 1.82) is 0 Å². The normalized spacial score (nSPS) is 10.8. The van der Waals surface area contributed by atoms with Crippen LogP contribution in [-0.4, -0.2) is 37.8 Å². The molecule has 0 saturated heterocycles. The summed E-state index contributed by atoms with van der Waals surface area (Å²) < 4.78 is 33.1. The van der Waals surface area contributed by atoms with Crippen molar-refractivity contribution in [1.82, 2.24) is 20.0 Å². The third kappa shape index (κ3) is 7.38. The molecular weight excluding hydrogens is 535 g/mol. The van der Waals surface area contributed by atoms with E-state index in [9.17, 15) is 22.8 Å². The molecule has 14 heteroatoms. The Bertz CT molecular complexity index is 1560. The number of aromatic amines is 1. The van der Waals surface area contributed by atoms with Crippen molar-refractivity contribution >= 4 is 52.4 Å². The number of fused-ring (bicyclic) bond motifs is 1. The van der Waals surface area contributed by atoms with Gasteiger partial charge in [0.15, 0.2) is 4.77 Å². The van der Waals surface area contributed by atoms with Crippen molar-refractivity contribution < 1.29 is 27.9 Å². The lowest BCUT2D eigenvalue weighted by Gasteiger charge is -2.11. The van der Waals surface area contributed by atoms with Crippen molar-refractivity contribution in [2.75, 3.05) is 5.43 Å². The van der Waals surface area contributed by atoms with Gasteiger partial charge in [-0.05, 0) is 60.2 Å². The van der Waals surface area contributed by atoms with Crippen LogP contribution in [0.2, 0.25) is 5.02 Å². The average molecular weight is 552 g/mol. The summed E-state index contributed by atoms with van der Waals surface area (Å²) in [6, 6.07) is 17.3. The number of carboxylic acids is 1. The standard InChI is InChI=1S/C21H16ClN5O2S.C2HF3O2/c22-15-5-3-4-13(10-15)12-24-19(28)14-7-8-16-17(11-14)25-21(30)27(20(16)29)26-18-6-1-2-9-23-18;3-2(4,5)1(6)7/h1-11H,12H2,(H,23,26)(H,24,28)(H,25,30);(H,6,7). The Morgan fingerprint density at radius 1 is 1.11 bits per heavy atom. The van der Waals surface area contributed by atoms with Gasteiger partial charge in [0.05, 0.1) is 10.9 Å². The predicted octanol–water partition coefficient (Wildman–Crippen LogP) is 4.55. The monoisotopic (exact) mass is 551 g/mol. The maximum atomic E-state index is 12.9. The molecule has 0 aliphatic rings. The lowest BCUT2D eigenvalue weighted by molar-refractivity contribution is -0.192. The van der Waals surface area contributed by atoms with Crippen molar-refractivity contribution in [2.45, 2.75) is 12.7 Å². The molecule has 0 saturated carbocycles. The first kappa shape index (κ1) is 27.4. The first-order valence-corrected chi connectivity index (χ1v) is 11.0. The molecule has 0 aliphatic heterocycles. The second-order valence-electron chi connectivity index (χ2n) is 7.27. The number of nitrogens with one attached hydrogen (secondary N) is 3. The van der Waals surface area contributed by atoms with Crippen LogP contribution < -0.4 is 16.3 Å². The van der Waals surface area contributed by atoms with E-state index in [4.69, 9.17) is 33.7 Å². The maximum absolute atomic E-state index is 12.9. The number of nitrogens with zero attached hydrogens (tertiary/aromatic N) is 2. The van der Waals surface area contributed by atoms with Gasteiger partial charge in [-0.1, -0.05) is 29.8 Å². The first-order chi connectivity index (χ1) is 17.5. The number of benzene rings is 2. The molecule has 2 heterocycles. The second kappa shape index (κ2) is 11.7. The van der Waals surface area contributed by atoms with Crippen LogP contribution in [0, 0.1) is 4.77 Å². The number of alkyl halides is 3. The molecular formula is C23H17ClF3N5O4S. The van der Waals surface area contributed by atoms with Gasteiger partial charge in [-0.25, -0.2) is 9.78 Å². The van der Waals surface area contributed by atoms with Gasteiger partial charge in [-0.2, -0.15) is 17.8 Å². The smallest absolute Gasteiger partial charge is 0.475 e. The summed E-state index contributed by atoms with van der Waals surface area (Å²) in [6.07, 6.45) is -3.48. The summed E-state index contributed by atoms with van der Waals surface area (Å²) in [5.74, 6) is -2.55. The summed E-state index contributed by atoms with van der Waals surface area (Å²) >= 11 is 11.3. The average Bonchev–Trinajstić information content (AvgIpc) is 2.85. The number of H-pyrrole nitrogens is 1. The number of rotatable bonds is 5. The molecule has 192 valence electrons. The molecule has 37 heavy (non-hydrogen) atoms. The Hall–Kier alpha value is -4.23. The molecule has 2 aromatic carbocycles.